The van der Waals surface area contributed by atoms with Crippen molar-refractivity contribution in [2.45, 2.75) is 284 Å². The molecule has 0 spiro atoms. The van der Waals surface area contributed by atoms with Crippen LogP contribution in [0, 0.1) is 47.8 Å². The number of allylic oxidation sites excluding steroid dienone is 9. The molecule has 84 heavy (non-hydrogen) atoms. The Morgan fingerprint density at radius 3 is 1.93 bits per heavy atom. The third kappa shape index (κ3) is 17.4. The van der Waals surface area contributed by atoms with Crippen molar-refractivity contribution in [3.8, 4) is 0 Å². The van der Waals surface area contributed by atoms with Crippen LogP contribution in [-0.2, 0) is 47.3 Å². The van der Waals surface area contributed by atoms with Crippen molar-refractivity contribution in [1.29, 1.82) is 0 Å². The monoisotopic (exact) mass is 1150 g/mol. The van der Waals surface area contributed by atoms with E-state index in [0.29, 0.717) is 35.5 Å². The number of Topliss-reactive ketones (excluding diaryl/α,β-unsaturated/α-hetero) is 1. The molecule has 9 unspecified atom stereocenters. The second kappa shape index (κ2) is 28.6. The van der Waals surface area contributed by atoms with Crippen LogP contribution < -0.4 is 0 Å². The Hall–Kier alpha value is -4.39. The SMILES string of the molecule is C=CC(C)(C)C(=O)C=C(C)C.CC(=O)OC1C=C(C)C2CC(=C(C)C)CC2C(C)C1.CC(=O)c1cc2c(cc1C)C(C)(C)C(C)CC2(C)C.CC(C)=CCCC(C)C1(O)CC=C(C)CC1.CC1COCc2cc3c(cc21)C(C)(C)C(C)C3(C)C. The van der Waals surface area contributed by atoms with Crippen molar-refractivity contribution >= 4 is 17.5 Å². The second-order valence-electron chi connectivity index (χ2n) is 30.8. The van der Waals surface area contributed by atoms with Gasteiger partial charge in [0.15, 0.2) is 11.6 Å². The van der Waals surface area contributed by atoms with E-state index in [9.17, 15) is 19.5 Å². The molecule has 2 aromatic rings. The Labute approximate surface area is 514 Å². The van der Waals surface area contributed by atoms with Crippen molar-refractivity contribution < 1.29 is 29.0 Å². The summed E-state index contributed by atoms with van der Waals surface area (Å²) in [6.07, 6.45) is 19.6. The molecule has 0 aromatic heterocycles. The molecule has 6 nitrogen and oxygen atoms in total. The lowest BCUT2D eigenvalue weighted by Crippen LogP contribution is -2.40. The van der Waals surface area contributed by atoms with Crippen LogP contribution in [0.25, 0.3) is 0 Å². The van der Waals surface area contributed by atoms with Crippen molar-refractivity contribution in [1.82, 2.24) is 0 Å². The van der Waals surface area contributed by atoms with Crippen LogP contribution in [0.3, 0.4) is 0 Å². The van der Waals surface area contributed by atoms with E-state index in [1.165, 1.54) is 70.7 Å². The number of rotatable bonds is 9. The lowest BCUT2D eigenvalue weighted by atomic mass is 9.58. The normalized spacial score (nSPS) is 26.7. The van der Waals surface area contributed by atoms with Gasteiger partial charge in [-0.15, -0.1) is 6.58 Å². The first-order valence-corrected chi connectivity index (χ1v) is 32.3. The zero-order chi connectivity index (χ0) is 64.0. The first-order valence-electron chi connectivity index (χ1n) is 32.3. The third-order valence-corrected chi connectivity index (χ3v) is 21.5. The zero-order valence-electron chi connectivity index (χ0n) is 58.3. The average molecular weight is 1150 g/mol. The number of fused-ring (bicyclic) bond motifs is 4. The number of esters is 1. The molecule has 8 rings (SSSR count). The predicted octanol–water partition coefficient (Wildman–Crippen LogP) is 20.5. The molecule has 0 saturated heterocycles. The molecule has 6 heteroatoms. The highest BCUT2D eigenvalue weighted by Crippen LogP contribution is 2.55. The Morgan fingerprint density at radius 2 is 1.40 bits per heavy atom. The fraction of sp³-hybridized carbons (Fsp3) is 0.654. The summed E-state index contributed by atoms with van der Waals surface area (Å²) in [5.74, 6) is 4.35. The molecule has 2 aromatic carbocycles. The molecule has 1 N–H and O–H groups in total. The molecule has 6 aliphatic rings. The van der Waals surface area contributed by atoms with E-state index < -0.39 is 11.0 Å². The molecular weight excluding hydrogens is 1030 g/mol. The highest BCUT2D eigenvalue weighted by atomic mass is 16.5. The van der Waals surface area contributed by atoms with Gasteiger partial charge in [0.05, 0.1) is 18.8 Å². The molecule has 468 valence electrons. The third-order valence-electron chi connectivity index (χ3n) is 21.5. The summed E-state index contributed by atoms with van der Waals surface area (Å²) in [5, 5.41) is 10.6. The summed E-state index contributed by atoms with van der Waals surface area (Å²) in [7, 11) is 0. The van der Waals surface area contributed by atoms with Crippen LogP contribution in [0.2, 0.25) is 0 Å². The number of hydrogen-bond donors (Lipinski definition) is 1. The molecule has 0 bridgehead atoms. The van der Waals surface area contributed by atoms with E-state index in [1.54, 1.807) is 35.8 Å². The summed E-state index contributed by atoms with van der Waals surface area (Å²) >= 11 is 0. The van der Waals surface area contributed by atoms with Crippen LogP contribution in [0.1, 0.15) is 286 Å². The molecule has 0 radical (unpaired) electrons. The average Bonchev–Trinajstić information content (AvgIpc) is 1.53. The first-order chi connectivity index (χ1) is 38.5. The van der Waals surface area contributed by atoms with Gasteiger partial charge in [0.1, 0.15) is 6.10 Å². The Bertz CT molecular complexity index is 2840. The molecule has 1 heterocycles. The number of benzene rings is 2. The smallest absolute Gasteiger partial charge is 0.303 e. The zero-order valence-corrected chi connectivity index (χ0v) is 58.3. The van der Waals surface area contributed by atoms with Crippen LogP contribution in [0.5, 0.6) is 0 Å². The van der Waals surface area contributed by atoms with Crippen molar-refractivity contribution in [3.05, 3.63) is 139 Å². The Balaban J connectivity index is 0.000000228. The summed E-state index contributed by atoms with van der Waals surface area (Å²) in [4.78, 5) is 34.3. The van der Waals surface area contributed by atoms with Crippen molar-refractivity contribution in [2.75, 3.05) is 6.61 Å². The molecule has 1 aliphatic heterocycles. The van der Waals surface area contributed by atoms with Crippen LogP contribution in [0.4, 0.5) is 0 Å². The van der Waals surface area contributed by atoms with E-state index in [2.05, 4.69) is 188 Å². The van der Waals surface area contributed by atoms with Gasteiger partial charge in [0.25, 0.3) is 0 Å². The molecule has 5 aliphatic carbocycles. The van der Waals surface area contributed by atoms with Crippen molar-refractivity contribution in [2.24, 2.45) is 40.9 Å². The maximum Gasteiger partial charge on any atom is 0.303 e. The highest BCUT2D eigenvalue weighted by Gasteiger charge is 2.49. The summed E-state index contributed by atoms with van der Waals surface area (Å²) in [5.41, 5.74) is 19.2. The van der Waals surface area contributed by atoms with E-state index in [4.69, 9.17) is 9.47 Å². The van der Waals surface area contributed by atoms with E-state index in [1.807, 2.05) is 27.7 Å². The summed E-state index contributed by atoms with van der Waals surface area (Å²) in [6.45, 7) is 61.5. The van der Waals surface area contributed by atoms with Gasteiger partial charge in [0, 0.05) is 23.8 Å². The first kappa shape index (κ1) is 72.1. The van der Waals surface area contributed by atoms with Gasteiger partial charge in [0.2, 0.25) is 0 Å². The summed E-state index contributed by atoms with van der Waals surface area (Å²) in [6, 6.07) is 9.33. The highest BCUT2D eigenvalue weighted by molar-refractivity contribution is 5.96. The molecule has 1 fully saturated rings. The molecule has 0 amide bonds. The molecule has 1 saturated carbocycles. The van der Waals surface area contributed by atoms with Gasteiger partial charge in [-0.2, -0.15) is 0 Å². The number of ketones is 2. The lowest BCUT2D eigenvalue weighted by molar-refractivity contribution is -0.144. The fourth-order valence-electron chi connectivity index (χ4n) is 14.3. The minimum Gasteiger partial charge on any atom is -0.458 e. The molecular formula is C78H120O6. The lowest BCUT2D eigenvalue weighted by Gasteiger charge is -2.47. The van der Waals surface area contributed by atoms with Gasteiger partial charge < -0.3 is 14.6 Å². The number of aryl methyl sites for hydroxylation is 1. The van der Waals surface area contributed by atoms with Crippen LogP contribution in [-0.4, -0.2) is 41.0 Å². The minimum atomic E-state index is -0.449. The second-order valence-corrected chi connectivity index (χ2v) is 30.8. The van der Waals surface area contributed by atoms with Crippen LogP contribution in [0.15, 0.2) is 94.7 Å². The fourth-order valence-corrected chi connectivity index (χ4v) is 14.3. The largest absolute Gasteiger partial charge is 0.458 e. The molecule has 9 atom stereocenters. The van der Waals surface area contributed by atoms with E-state index in [-0.39, 0.29) is 45.3 Å². The van der Waals surface area contributed by atoms with Gasteiger partial charge in [-0.05, 0) is 255 Å². The van der Waals surface area contributed by atoms with Crippen molar-refractivity contribution in [3.63, 3.8) is 0 Å². The quantitative estimate of drug-likeness (QED) is 0.116. The van der Waals surface area contributed by atoms with E-state index in [0.717, 1.165) is 74.4 Å². The van der Waals surface area contributed by atoms with Gasteiger partial charge in [-0.1, -0.05) is 160 Å². The maximum absolute atomic E-state index is 11.8. The van der Waals surface area contributed by atoms with E-state index >= 15 is 0 Å². The number of hydrogen-bond acceptors (Lipinski definition) is 6. The minimum absolute atomic E-state index is 0.0201. The number of ether oxygens (including phenoxy) is 2. The van der Waals surface area contributed by atoms with Gasteiger partial charge in [-0.3, -0.25) is 14.4 Å². The standard InChI is InChI=1S/2C18H26O.C17H26O2.C15H26O.C10H16O/c1-11-9-19-10-13-7-15-16(8-14(11)13)18(5,6)12(2)17(15,3)4;1-11-8-16-15(9-14(11)13(3)19)17(4,5)10-12(2)18(16,6)7;1-10(2)14-8-16-11(3)6-15(19-13(5)18)7-12(4)17(16)9-14;1-12(2)6-5-7-14(4)15(16)10-8-13(3)9-11-15;1-6-10(4,5)9(11)7-8(2)3/h7-8,11-12H,9-10H2,1-6H3;8-9,12H,10H2,1-7H3;6,12,15-17H,7-9H2,1-5H3;6,8,14,16H,5,7,9-11H2,1-4H3;6-7H,1H2,2-5H3. The van der Waals surface area contributed by atoms with Gasteiger partial charge in [-0.25, -0.2) is 0 Å². The Kier molecular flexibility index (Phi) is 24.6. The predicted molar refractivity (Wildman–Crippen MR) is 357 cm³/mol. The topological polar surface area (TPSA) is 89.9 Å². The van der Waals surface area contributed by atoms with Gasteiger partial charge >= 0.3 is 5.97 Å². The number of aliphatic hydroxyl groups is 1. The summed E-state index contributed by atoms with van der Waals surface area (Å²) < 4.78 is 11.1. The number of carbonyl (C=O) groups is 3. The maximum atomic E-state index is 11.8. The Morgan fingerprint density at radius 1 is 0.810 bits per heavy atom. The number of carbonyl (C=O) groups excluding carboxylic acids is 3. The van der Waals surface area contributed by atoms with Crippen LogP contribution >= 0.6 is 0 Å².